The first-order valence-corrected chi connectivity index (χ1v) is 6.98. The third kappa shape index (κ3) is 3.58. The molecule has 1 aromatic heterocycles. The second-order valence-corrected chi connectivity index (χ2v) is 5.35. The van der Waals surface area contributed by atoms with Gasteiger partial charge in [-0.05, 0) is 30.5 Å². The zero-order valence-electron chi connectivity index (χ0n) is 11.4. The van der Waals surface area contributed by atoms with Gasteiger partial charge in [-0.25, -0.2) is 4.98 Å². The van der Waals surface area contributed by atoms with Gasteiger partial charge in [-0.15, -0.1) is 0 Å². The van der Waals surface area contributed by atoms with Crippen LogP contribution in [0.25, 0.3) is 0 Å². The average Bonchev–Trinajstić information content (AvgIpc) is 2.80. The maximum Gasteiger partial charge on any atom is 0.110 e. The average molecular weight is 278 g/mol. The number of aromatic nitrogens is 2. The second-order valence-electron chi connectivity index (χ2n) is 4.94. The summed E-state index contributed by atoms with van der Waals surface area (Å²) in [5, 5.41) is 0.805. The van der Waals surface area contributed by atoms with Crippen molar-refractivity contribution in [2.24, 2.45) is 5.73 Å². The molecule has 2 aromatic rings. The predicted octanol–water partition coefficient (Wildman–Crippen LogP) is 3.17. The summed E-state index contributed by atoms with van der Waals surface area (Å²) in [5.74, 6) is 1.02. The maximum atomic E-state index is 6.27. The Morgan fingerprint density at radius 1 is 1.42 bits per heavy atom. The van der Waals surface area contributed by atoms with Gasteiger partial charge in [0, 0.05) is 29.9 Å². The van der Waals surface area contributed by atoms with Crippen LogP contribution in [-0.2, 0) is 13.0 Å². The number of benzene rings is 1. The van der Waals surface area contributed by atoms with Crippen molar-refractivity contribution in [1.82, 2.24) is 9.55 Å². The lowest BCUT2D eigenvalue weighted by molar-refractivity contribution is 0.597. The molecule has 0 bridgehead atoms. The summed E-state index contributed by atoms with van der Waals surface area (Å²) in [6.45, 7) is 4.87. The minimum Gasteiger partial charge on any atom is -0.330 e. The number of rotatable bonds is 5. The Balaban J connectivity index is 2.17. The highest BCUT2D eigenvalue weighted by Gasteiger charge is 2.09. The molecule has 1 heterocycles. The molecular weight excluding hydrogens is 258 g/mol. The minimum absolute atomic E-state index is 0.162. The van der Waals surface area contributed by atoms with Crippen molar-refractivity contribution >= 4 is 11.6 Å². The molecular formula is C15H20ClN3. The van der Waals surface area contributed by atoms with Crippen LogP contribution in [0.15, 0.2) is 30.6 Å². The molecule has 0 saturated heterocycles. The molecule has 2 N–H and O–H groups in total. The zero-order chi connectivity index (χ0) is 13.8. The lowest BCUT2D eigenvalue weighted by atomic mass is 10.1. The first-order chi connectivity index (χ1) is 9.10. The molecule has 2 rings (SSSR count). The van der Waals surface area contributed by atoms with E-state index in [9.17, 15) is 0 Å². The van der Waals surface area contributed by atoms with Gasteiger partial charge in [0.2, 0.25) is 0 Å². The van der Waals surface area contributed by atoms with Crippen molar-refractivity contribution in [3.05, 3.63) is 52.6 Å². The highest BCUT2D eigenvalue weighted by atomic mass is 35.5. The van der Waals surface area contributed by atoms with Crippen LogP contribution >= 0.6 is 11.6 Å². The van der Waals surface area contributed by atoms with Crippen molar-refractivity contribution in [3.8, 4) is 0 Å². The highest BCUT2D eigenvalue weighted by Crippen LogP contribution is 2.19. The Labute approximate surface area is 119 Å². The molecule has 1 atom stereocenters. The lowest BCUT2D eigenvalue weighted by Gasteiger charge is -2.12. The van der Waals surface area contributed by atoms with E-state index in [2.05, 4.69) is 28.6 Å². The van der Waals surface area contributed by atoms with E-state index >= 15 is 0 Å². The molecule has 102 valence electrons. The van der Waals surface area contributed by atoms with Crippen molar-refractivity contribution in [2.75, 3.05) is 0 Å². The molecule has 0 aliphatic heterocycles. The van der Waals surface area contributed by atoms with Gasteiger partial charge in [0.15, 0.2) is 0 Å². The number of hydrogen-bond acceptors (Lipinski definition) is 2. The lowest BCUT2D eigenvalue weighted by Crippen LogP contribution is -2.23. The molecule has 1 unspecified atom stereocenters. The second kappa shape index (κ2) is 6.22. The van der Waals surface area contributed by atoms with E-state index in [0.29, 0.717) is 0 Å². The van der Waals surface area contributed by atoms with Crippen molar-refractivity contribution in [2.45, 2.75) is 39.3 Å². The number of imidazole rings is 1. The molecule has 0 aliphatic carbocycles. The summed E-state index contributed by atoms with van der Waals surface area (Å²) in [7, 11) is 0. The van der Waals surface area contributed by atoms with Gasteiger partial charge in [-0.1, -0.05) is 30.7 Å². The topological polar surface area (TPSA) is 43.8 Å². The molecule has 0 spiro atoms. The van der Waals surface area contributed by atoms with Crippen LogP contribution in [0.4, 0.5) is 0 Å². The monoisotopic (exact) mass is 277 g/mol. The molecule has 0 amide bonds. The summed E-state index contributed by atoms with van der Waals surface area (Å²) in [4.78, 5) is 4.39. The van der Waals surface area contributed by atoms with Crippen LogP contribution in [0.2, 0.25) is 5.02 Å². The van der Waals surface area contributed by atoms with E-state index in [4.69, 9.17) is 17.3 Å². The quantitative estimate of drug-likeness (QED) is 0.912. The summed E-state index contributed by atoms with van der Waals surface area (Å²) < 4.78 is 2.12. The smallest absolute Gasteiger partial charge is 0.110 e. The third-order valence-corrected chi connectivity index (χ3v) is 3.67. The Morgan fingerprint density at radius 3 is 2.89 bits per heavy atom. The molecule has 0 aliphatic rings. The van der Waals surface area contributed by atoms with Gasteiger partial charge in [-0.2, -0.15) is 0 Å². The number of halogens is 1. The zero-order valence-corrected chi connectivity index (χ0v) is 12.2. The maximum absolute atomic E-state index is 6.27. The Kier molecular flexibility index (Phi) is 4.61. The largest absolute Gasteiger partial charge is 0.330 e. The SMILES string of the molecule is CCC(N)Cc1nccn1Cc1ccc(C)cc1Cl. The first-order valence-electron chi connectivity index (χ1n) is 6.60. The molecule has 0 saturated carbocycles. The first kappa shape index (κ1) is 14.1. The number of aryl methyl sites for hydroxylation is 1. The predicted molar refractivity (Wildman–Crippen MR) is 79.5 cm³/mol. The van der Waals surface area contributed by atoms with Gasteiger partial charge >= 0.3 is 0 Å². The van der Waals surface area contributed by atoms with Crippen molar-refractivity contribution in [3.63, 3.8) is 0 Å². The van der Waals surface area contributed by atoms with E-state index in [1.54, 1.807) is 0 Å². The Bertz CT molecular complexity index is 548. The number of nitrogens with two attached hydrogens (primary N) is 1. The van der Waals surface area contributed by atoms with Gasteiger partial charge in [-0.3, -0.25) is 0 Å². The van der Waals surface area contributed by atoms with Gasteiger partial charge in [0.25, 0.3) is 0 Å². The van der Waals surface area contributed by atoms with E-state index in [1.807, 2.05) is 25.4 Å². The third-order valence-electron chi connectivity index (χ3n) is 3.32. The molecule has 0 radical (unpaired) electrons. The van der Waals surface area contributed by atoms with E-state index < -0.39 is 0 Å². The van der Waals surface area contributed by atoms with E-state index in [0.717, 1.165) is 35.8 Å². The fourth-order valence-electron chi connectivity index (χ4n) is 2.02. The molecule has 0 fully saturated rings. The van der Waals surface area contributed by atoms with E-state index in [1.165, 1.54) is 5.56 Å². The summed E-state index contributed by atoms with van der Waals surface area (Å²) in [6, 6.07) is 6.30. The molecule has 3 nitrogen and oxygen atoms in total. The summed E-state index contributed by atoms with van der Waals surface area (Å²) >= 11 is 6.27. The van der Waals surface area contributed by atoms with Gasteiger partial charge < -0.3 is 10.3 Å². The highest BCUT2D eigenvalue weighted by molar-refractivity contribution is 6.31. The normalized spacial score (nSPS) is 12.6. The van der Waals surface area contributed by atoms with Crippen molar-refractivity contribution < 1.29 is 0 Å². The van der Waals surface area contributed by atoms with E-state index in [-0.39, 0.29) is 6.04 Å². The summed E-state index contributed by atoms with van der Waals surface area (Å²) in [5.41, 5.74) is 8.28. The standard InChI is InChI=1S/C15H20ClN3/c1-3-13(17)9-15-18-6-7-19(15)10-12-5-4-11(2)8-14(12)16/h4-8,13H,3,9-10,17H2,1-2H3. The van der Waals surface area contributed by atoms with Crippen LogP contribution in [0.1, 0.15) is 30.3 Å². The molecule has 19 heavy (non-hydrogen) atoms. The minimum atomic E-state index is 0.162. The fourth-order valence-corrected chi connectivity index (χ4v) is 2.31. The van der Waals surface area contributed by atoms with Crippen LogP contribution in [0, 0.1) is 6.92 Å². The van der Waals surface area contributed by atoms with Crippen LogP contribution in [-0.4, -0.2) is 15.6 Å². The van der Waals surface area contributed by atoms with Crippen molar-refractivity contribution in [1.29, 1.82) is 0 Å². The van der Waals surface area contributed by atoms with Gasteiger partial charge in [0.05, 0.1) is 6.54 Å². The number of nitrogens with zero attached hydrogens (tertiary/aromatic N) is 2. The number of hydrogen-bond donors (Lipinski definition) is 1. The van der Waals surface area contributed by atoms with Crippen LogP contribution in [0.5, 0.6) is 0 Å². The Hall–Kier alpha value is -1.32. The Morgan fingerprint density at radius 2 is 2.21 bits per heavy atom. The van der Waals surface area contributed by atoms with Crippen LogP contribution < -0.4 is 5.73 Å². The van der Waals surface area contributed by atoms with Crippen LogP contribution in [0.3, 0.4) is 0 Å². The van der Waals surface area contributed by atoms with Gasteiger partial charge in [0.1, 0.15) is 5.82 Å². The molecule has 4 heteroatoms. The molecule has 1 aromatic carbocycles. The summed E-state index contributed by atoms with van der Waals surface area (Å²) in [6.07, 6.45) is 5.55. The fraction of sp³-hybridized carbons (Fsp3) is 0.400.